The number of sulfonamides is 1. The zero-order valence-corrected chi connectivity index (χ0v) is 17.5. The second-order valence-corrected chi connectivity index (χ2v) is 9.05. The zero-order valence-electron chi connectivity index (χ0n) is 16.7. The molecule has 10 heteroatoms. The van der Waals surface area contributed by atoms with Gasteiger partial charge < -0.3 is 9.84 Å². The van der Waals surface area contributed by atoms with Crippen LogP contribution in [0.25, 0.3) is 0 Å². The summed E-state index contributed by atoms with van der Waals surface area (Å²) in [5.41, 5.74) is 1.20. The normalized spacial score (nSPS) is 16.2. The lowest BCUT2D eigenvalue weighted by Gasteiger charge is -2.31. The first-order valence-corrected chi connectivity index (χ1v) is 11.0. The highest BCUT2D eigenvalue weighted by molar-refractivity contribution is 7.92. The van der Waals surface area contributed by atoms with Gasteiger partial charge in [-0.25, -0.2) is 8.42 Å². The van der Waals surface area contributed by atoms with E-state index in [9.17, 15) is 23.6 Å². The van der Waals surface area contributed by atoms with Gasteiger partial charge in [0.15, 0.2) is 0 Å². The van der Waals surface area contributed by atoms with Gasteiger partial charge in [-0.2, -0.15) is 0 Å². The highest BCUT2D eigenvalue weighted by Gasteiger charge is 2.28. The summed E-state index contributed by atoms with van der Waals surface area (Å²) in [6.45, 7) is 4.59. The molecule has 1 heterocycles. The first-order valence-electron chi connectivity index (χ1n) is 9.59. The lowest BCUT2D eigenvalue weighted by atomic mass is 10.2. The third-order valence-electron chi connectivity index (χ3n) is 4.91. The Morgan fingerprint density at radius 3 is 2.30 bits per heavy atom. The van der Waals surface area contributed by atoms with E-state index in [1.807, 2.05) is 11.8 Å². The van der Waals surface area contributed by atoms with Crippen LogP contribution in [0.1, 0.15) is 5.56 Å². The molecule has 1 saturated heterocycles. The van der Waals surface area contributed by atoms with E-state index in [4.69, 9.17) is 4.74 Å². The maximum atomic E-state index is 13.3. The molecular weight excluding hydrogens is 410 g/mol. The summed E-state index contributed by atoms with van der Waals surface area (Å²) in [5.74, 6) is 0. The molecular formula is C20H25N3O6S. The molecule has 0 aromatic heterocycles. The number of rotatable bonds is 8. The minimum Gasteiger partial charge on any atom is -0.390 e. The number of non-ortho nitro benzene ring substituents is 1. The molecule has 2 aromatic rings. The third-order valence-corrected chi connectivity index (χ3v) is 6.71. The molecule has 3 rings (SSSR count). The topological polar surface area (TPSA) is 113 Å². The molecule has 0 bridgehead atoms. The number of nitrogens with zero attached hydrogens (tertiary/aromatic N) is 3. The number of benzene rings is 2. The van der Waals surface area contributed by atoms with E-state index in [-0.39, 0.29) is 17.1 Å². The monoisotopic (exact) mass is 435 g/mol. The Hall–Kier alpha value is -2.53. The van der Waals surface area contributed by atoms with Crippen molar-refractivity contribution in [3.63, 3.8) is 0 Å². The van der Waals surface area contributed by atoms with Crippen molar-refractivity contribution in [2.45, 2.75) is 17.9 Å². The summed E-state index contributed by atoms with van der Waals surface area (Å²) in [5, 5.41) is 21.5. The molecule has 2 aromatic carbocycles. The first kappa shape index (κ1) is 22.2. The number of ether oxygens (including phenoxy) is 1. The molecule has 0 aliphatic carbocycles. The van der Waals surface area contributed by atoms with Crippen LogP contribution in [-0.4, -0.2) is 68.8 Å². The number of aryl methyl sites for hydroxylation is 1. The highest BCUT2D eigenvalue weighted by atomic mass is 32.2. The molecule has 1 aliphatic heterocycles. The van der Waals surface area contributed by atoms with Gasteiger partial charge in [0.25, 0.3) is 15.7 Å². The van der Waals surface area contributed by atoms with Gasteiger partial charge in [-0.15, -0.1) is 0 Å². The molecule has 0 amide bonds. The van der Waals surface area contributed by atoms with E-state index >= 15 is 0 Å². The fraction of sp³-hybridized carbons (Fsp3) is 0.400. The van der Waals surface area contributed by atoms with Crippen molar-refractivity contribution in [2.24, 2.45) is 0 Å². The molecule has 1 aliphatic rings. The number of aliphatic hydroxyl groups excluding tert-OH is 1. The number of hydrogen-bond donors (Lipinski definition) is 1. The second-order valence-electron chi connectivity index (χ2n) is 7.19. The van der Waals surface area contributed by atoms with Crippen molar-refractivity contribution >= 4 is 21.4 Å². The van der Waals surface area contributed by atoms with Gasteiger partial charge >= 0.3 is 0 Å². The summed E-state index contributed by atoms with van der Waals surface area (Å²) in [6, 6.07) is 11.7. The van der Waals surface area contributed by atoms with Crippen molar-refractivity contribution < 1.29 is 23.2 Å². The third kappa shape index (κ3) is 5.33. The Kier molecular flexibility index (Phi) is 7.03. The number of nitro groups is 1. The Bertz CT molecular complexity index is 957. The van der Waals surface area contributed by atoms with Crippen LogP contribution in [0, 0.1) is 17.0 Å². The SMILES string of the molecule is Cc1ccc(N(C[C@H](O)CN2CCOCC2)S(=O)(=O)c2ccc([N+](=O)[O-])cc2)cc1. The van der Waals surface area contributed by atoms with Crippen LogP contribution >= 0.6 is 0 Å². The van der Waals surface area contributed by atoms with Gasteiger partial charge in [0.1, 0.15) is 0 Å². The minimum absolute atomic E-state index is 0.0766. The van der Waals surface area contributed by atoms with E-state index in [1.165, 1.54) is 12.1 Å². The van der Waals surface area contributed by atoms with E-state index in [0.717, 1.165) is 22.0 Å². The van der Waals surface area contributed by atoms with Crippen LogP contribution in [-0.2, 0) is 14.8 Å². The zero-order chi connectivity index (χ0) is 21.7. The van der Waals surface area contributed by atoms with Crippen LogP contribution in [0.5, 0.6) is 0 Å². The second kappa shape index (κ2) is 9.52. The fourth-order valence-corrected chi connectivity index (χ4v) is 4.75. The van der Waals surface area contributed by atoms with Crippen LogP contribution in [0.3, 0.4) is 0 Å². The molecule has 0 saturated carbocycles. The highest BCUT2D eigenvalue weighted by Crippen LogP contribution is 2.26. The summed E-state index contributed by atoms with van der Waals surface area (Å²) in [4.78, 5) is 12.3. The van der Waals surface area contributed by atoms with E-state index in [0.29, 0.717) is 38.5 Å². The van der Waals surface area contributed by atoms with Crippen molar-refractivity contribution in [1.29, 1.82) is 0 Å². The largest absolute Gasteiger partial charge is 0.390 e. The van der Waals surface area contributed by atoms with Crippen LogP contribution in [0.15, 0.2) is 53.4 Å². The standard InChI is InChI=1S/C20H25N3O6S/c1-16-2-4-17(5-3-16)22(15-19(24)14-21-10-12-29-13-11-21)30(27,28)20-8-6-18(7-9-20)23(25)26/h2-9,19,24H,10-15H2,1H3/t19-/m1/s1. The van der Waals surface area contributed by atoms with Crippen molar-refractivity contribution in [3.05, 3.63) is 64.2 Å². The first-order chi connectivity index (χ1) is 14.3. The summed E-state index contributed by atoms with van der Waals surface area (Å²) in [6.07, 6.45) is -0.919. The predicted octanol–water partition coefficient (Wildman–Crippen LogP) is 1.79. The van der Waals surface area contributed by atoms with Crippen LogP contribution in [0.2, 0.25) is 0 Å². The number of anilines is 1. The number of aliphatic hydroxyl groups is 1. The quantitative estimate of drug-likeness (QED) is 0.497. The van der Waals surface area contributed by atoms with E-state index in [2.05, 4.69) is 0 Å². The molecule has 162 valence electrons. The smallest absolute Gasteiger partial charge is 0.269 e. The Morgan fingerprint density at radius 2 is 1.73 bits per heavy atom. The number of β-amino-alcohol motifs (C(OH)–C–C–N with tert-alkyl or cyclic N) is 1. The minimum atomic E-state index is -4.04. The molecule has 9 nitrogen and oxygen atoms in total. The molecule has 0 unspecified atom stereocenters. The van der Waals surface area contributed by atoms with Crippen molar-refractivity contribution in [2.75, 3.05) is 43.7 Å². The van der Waals surface area contributed by atoms with Gasteiger partial charge in [0, 0.05) is 31.8 Å². The fourth-order valence-electron chi connectivity index (χ4n) is 3.25. The molecule has 1 fully saturated rings. The average Bonchev–Trinajstić information content (AvgIpc) is 2.73. The van der Waals surface area contributed by atoms with Crippen molar-refractivity contribution in [1.82, 2.24) is 4.90 Å². The molecule has 0 radical (unpaired) electrons. The predicted molar refractivity (Wildman–Crippen MR) is 112 cm³/mol. The van der Waals surface area contributed by atoms with Crippen LogP contribution in [0.4, 0.5) is 11.4 Å². The lowest BCUT2D eigenvalue weighted by molar-refractivity contribution is -0.384. The van der Waals surface area contributed by atoms with Gasteiger partial charge in [-0.05, 0) is 31.2 Å². The maximum absolute atomic E-state index is 13.3. The number of nitro benzene ring substituents is 1. The van der Waals surface area contributed by atoms with Crippen LogP contribution < -0.4 is 4.31 Å². The van der Waals surface area contributed by atoms with Gasteiger partial charge in [0.2, 0.25) is 0 Å². The summed E-state index contributed by atoms with van der Waals surface area (Å²) >= 11 is 0. The Labute approximate surface area is 175 Å². The maximum Gasteiger partial charge on any atom is 0.269 e. The van der Waals surface area contributed by atoms with Gasteiger partial charge in [-0.1, -0.05) is 17.7 Å². The molecule has 1 N–H and O–H groups in total. The molecule has 30 heavy (non-hydrogen) atoms. The number of morpholine rings is 1. The summed E-state index contributed by atoms with van der Waals surface area (Å²) < 4.78 is 33.1. The molecule has 1 atom stereocenters. The van der Waals surface area contributed by atoms with E-state index in [1.54, 1.807) is 24.3 Å². The lowest BCUT2D eigenvalue weighted by Crippen LogP contribution is -2.46. The average molecular weight is 436 g/mol. The van der Waals surface area contributed by atoms with E-state index < -0.39 is 21.1 Å². The Morgan fingerprint density at radius 1 is 1.13 bits per heavy atom. The van der Waals surface area contributed by atoms with Gasteiger partial charge in [-0.3, -0.25) is 19.3 Å². The van der Waals surface area contributed by atoms with Gasteiger partial charge in [0.05, 0.1) is 41.4 Å². The summed E-state index contributed by atoms with van der Waals surface area (Å²) in [7, 11) is -4.04. The number of hydrogen-bond acceptors (Lipinski definition) is 7. The Balaban J connectivity index is 1.87. The molecule has 0 spiro atoms. The van der Waals surface area contributed by atoms with Crippen molar-refractivity contribution in [3.8, 4) is 0 Å².